The molecule has 0 aromatic carbocycles. The summed E-state index contributed by atoms with van der Waals surface area (Å²) in [6.45, 7) is 3.11. The summed E-state index contributed by atoms with van der Waals surface area (Å²) < 4.78 is 13.1. The first-order valence-corrected chi connectivity index (χ1v) is 3.08. The molecule has 0 atom stereocenters. The molecule has 0 aromatic rings. The Morgan fingerprint density at radius 2 is 1.10 bits per heavy atom. The van der Waals surface area contributed by atoms with Gasteiger partial charge in [0, 0.05) is 17.1 Å². The van der Waals surface area contributed by atoms with Crippen molar-refractivity contribution in [2.24, 2.45) is 0 Å². The molecule has 0 aliphatic carbocycles. The molecule has 0 unspecified atom stereocenters. The molecule has 1 rings (SSSR count). The van der Waals surface area contributed by atoms with Crippen molar-refractivity contribution in [1.82, 2.24) is 0 Å². The van der Waals surface area contributed by atoms with Crippen molar-refractivity contribution in [3.05, 3.63) is 0 Å². The van der Waals surface area contributed by atoms with Gasteiger partial charge in [-0.2, -0.15) is 3.84 Å². The summed E-state index contributed by atoms with van der Waals surface area (Å²) in [5, 5.41) is 0. The molecule has 0 amide bonds. The third kappa shape index (κ3) is 11.7. The van der Waals surface area contributed by atoms with Crippen molar-refractivity contribution in [2.75, 3.05) is 26.4 Å². The minimum Gasteiger partial charge on any atom is -0.377 e. The Labute approximate surface area is 80.7 Å². The zero-order valence-electron chi connectivity index (χ0n) is 5.22. The Morgan fingerprint density at radius 1 is 0.900 bits per heavy atom. The second-order valence-electron chi connectivity index (χ2n) is 1.28. The predicted octanol–water partition coefficient (Wildman–Crippen LogP) is 0.963. The van der Waals surface area contributed by atoms with Gasteiger partial charge in [0.05, 0.1) is 50.2 Å². The summed E-state index contributed by atoms with van der Waals surface area (Å²) in [5.74, 6) is 0. The van der Waals surface area contributed by atoms with Gasteiger partial charge >= 0.3 is 0 Å². The van der Waals surface area contributed by atoms with E-state index in [1.165, 1.54) is 0 Å². The number of hydrogen-bond donors (Lipinski definition) is 0. The first-order chi connectivity index (χ1) is 4.41. The zero-order valence-corrected chi connectivity index (χ0v) is 8.44. The maximum atomic E-state index is 4.94. The molecule has 0 saturated carbocycles. The SMILES string of the molecule is C1COCCO1.ClOCl.[Se]. The third-order valence-corrected chi connectivity index (χ3v) is 0.744. The van der Waals surface area contributed by atoms with Gasteiger partial charge in [0.15, 0.2) is 0 Å². The van der Waals surface area contributed by atoms with Crippen LogP contribution in [0.4, 0.5) is 0 Å². The van der Waals surface area contributed by atoms with Gasteiger partial charge in [-0.05, 0) is 0 Å². The Morgan fingerprint density at radius 3 is 1.20 bits per heavy atom. The van der Waals surface area contributed by atoms with Crippen LogP contribution in [0.2, 0.25) is 0 Å². The van der Waals surface area contributed by atoms with E-state index in [2.05, 4.69) is 27.6 Å². The predicted molar refractivity (Wildman–Crippen MR) is 40.2 cm³/mol. The maximum Gasteiger partial charge on any atom is 0.0832 e. The number of halogens is 2. The molecule has 0 bridgehead atoms. The summed E-state index contributed by atoms with van der Waals surface area (Å²) in [7, 11) is 0. The van der Waals surface area contributed by atoms with E-state index in [4.69, 9.17) is 9.47 Å². The smallest absolute Gasteiger partial charge is 0.0832 e. The van der Waals surface area contributed by atoms with Crippen molar-refractivity contribution in [2.45, 2.75) is 0 Å². The zero-order chi connectivity index (χ0) is 6.95. The van der Waals surface area contributed by atoms with Gasteiger partial charge in [-0.15, -0.1) is 0 Å². The van der Waals surface area contributed by atoms with E-state index in [1.807, 2.05) is 0 Å². The third-order valence-electron chi connectivity index (χ3n) is 0.744. The Bertz CT molecular complexity index is 42.3. The molecule has 1 aliphatic rings. The second-order valence-corrected chi connectivity index (χ2v) is 1.75. The molecule has 62 valence electrons. The maximum absolute atomic E-state index is 4.94. The number of rotatable bonds is 0. The van der Waals surface area contributed by atoms with Crippen molar-refractivity contribution in [3.63, 3.8) is 0 Å². The number of ether oxygens (including phenoxy) is 2. The van der Waals surface area contributed by atoms with E-state index in [1.54, 1.807) is 0 Å². The fourth-order valence-corrected chi connectivity index (χ4v) is 0.440. The van der Waals surface area contributed by atoms with Crippen molar-refractivity contribution in [3.8, 4) is 0 Å². The van der Waals surface area contributed by atoms with Crippen LogP contribution in [0, 0.1) is 0 Å². The van der Waals surface area contributed by atoms with Gasteiger partial charge in [-0.1, -0.05) is 0 Å². The molecule has 0 spiro atoms. The normalized spacial score (nSPS) is 16.2. The molecule has 0 N–H and O–H groups in total. The van der Waals surface area contributed by atoms with E-state index in [0.29, 0.717) is 0 Å². The summed E-state index contributed by atoms with van der Waals surface area (Å²) in [4.78, 5) is 0. The first kappa shape index (κ1) is 13.6. The summed E-state index contributed by atoms with van der Waals surface area (Å²) in [6.07, 6.45) is 0. The largest absolute Gasteiger partial charge is 0.377 e. The van der Waals surface area contributed by atoms with Gasteiger partial charge < -0.3 is 9.47 Å². The van der Waals surface area contributed by atoms with E-state index in [-0.39, 0.29) is 17.1 Å². The molecular formula is C4H8Cl2O3Se. The Kier molecular flexibility index (Phi) is 17.1. The first-order valence-electron chi connectivity index (χ1n) is 2.46. The molecule has 1 saturated heterocycles. The summed E-state index contributed by atoms with van der Waals surface area (Å²) in [5.41, 5.74) is 0. The topological polar surface area (TPSA) is 27.7 Å². The van der Waals surface area contributed by atoms with Crippen LogP contribution in [0.25, 0.3) is 0 Å². The minimum absolute atomic E-state index is 0. The molecule has 6 heteroatoms. The quantitative estimate of drug-likeness (QED) is 0.602. The summed E-state index contributed by atoms with van der Waals surface area (Å²) in [6, 6.07) is 0. The summed E-state index contributed by atoms with van der Waals surface area (Å²) >= 11 is 8.53. The standard InChI is InChI=1S/C4H8O2.Cl2O.Se/c1-2-6-4-3-5-1;1-3-2;/h1-4H2;;. The van der Waals surface area contributed by atoms with Crippen LogP contribution in [0.3, 0.4) is 0 Å². The van der Waals surface area contributed by atoms with Crippen LogP contribution >= 0.6 is 23.7 Å². The van der Waals surface area contributed by atoms with Gasteiger partial charge in [0.1, 0.15) is 0 Å². The van der Waals surface area contributed by atoms with Crippen LogP contribution in [0.1, 0.15) is 0 Å². The van der Waals surface area contributed by atoms with E-state index in [9.17, 15) is 0 Å². The molecular weight excluding hydrogens is 246 g/mol. The van der Waals surface area contributed by atoms with E-state index in [0.717, 1.165) is 26.4 Å². The van der Waals surface area contributed by atoms with E-state index < -0.39 is 0 Å². The van der Waals surface area contributed by atoms with Crippen LogP contribution in [0.15, 0.2) is 0 Å². The van der Waals surface area contributed by atoms with Crippen molar-refractivity contribution in [1.29, 1.82) is 0 Å². The van der Waals surface area contributed by atoms with Crippen molar-refractivity contribution >= 4 is 40.8 Å². The van der Waals surface area contributed by atoms with Gasteiger partial charge in [0.25, 0.3) is 0 Å². The second kappa shape index (κ2) is 12.6. The average Bonchev–Trinajstić information content (AvgIpc) is 1.93. The molecule has 1 fully saturated rings. The van der Waals surface area contributed by atoms with Crippen LogP contribution in [-0.2, 0) is 13.3 Å². The average molecular weight is 254 g/mol. The van der Waals surface area contributed by atoms with Crippen LogP contribution in [0.5, 0.6) is 0 Å². The van der Waals surface area contributed by atoms with Crippen LogP contribution < -0.4 is 0 Å². The van der Waals surface area contributed by atoms with Gasteiger partial charge in [-0.3, -0.25) is 0 Å². The van der Waals surface area contributed by atoms with Gasteiger partial charge in [-0.25, -0.2) is 0 Å². The Balaban J connectivity index is 0. The fourth-order valence-electron chi connectivity index (χ4n) is 0.440. The van der Waals surface area contributed by atoms with Gasteiger partial charge in [0.2, 0.25) is 0 Å². The fraction of sp³-hybridized carbons (Fsp3) is 1.00. The Hall–Kier alpha value is 0.979. The number of hydrogen-bond acceptors (Lipinski definition) is 3. The van der Waals surface area contributed by atoms with Crippen LogP contribution in [-0.4, -0.2) is 43.5 Å². The molecule has 1 aliphatic heterocycles. The molecule has 0 aromatic heterocycles. The molecule has 10 heavy (non-hydrogen) atoms. The minimum atomic E-state index is 0. The monoisotopic (exact) mass is 254 g/mol. The molecule has 1 heterocycles. The molecule has 3 nitrogen and oxygen atoms in total. The van der Waals surface area contributed by atoms with Crippen molar-refractivity contribution < 1.29 is 13.3 Å². The van der Waals surface area contributed by atoms with E-state index >= 15 is 0 Å². The molecule has 2 radical (unpaired) electrons.